The zero-order valence-corrected chi connectivity index (χ0v) is 7.12. The number of anilines is 1. The number of nitrogens with two attached hydrogens (primary N) is 1. The third kappa shape index (κ3) is 1.80. The number of hydrogen-bond donors (Lipinski definition) is 2. The fourth-order valence-electron chi connectivity index (χ4n) is 1.07. The number of nitriles is 1. The minimum Gasteiger partial charge on any atom is -0.481 e. The Balaban J connectivity index is 3.27. The number of nitrogens with zero attached hydrogens (tertiary/aromatic N) is 1. The monoisotopic (exact) mass is 194 g/mol. The van der Waals surface area contributed by atoms with Crippen LogP contribution in [0.5, 0.6) is 0 Å². The summed E-state index contributed by atoms with van der Waals surface area (Å²) >= 11 is 0. The van der Waals surface area contributed by atoms with E-state index in [1.54, 1.807) is 6.07 Å². The summed E-state index contributed by atoms with van der Waals surface area (Å²) in [5.41, 5.74) is 5.26. The average molecular weight is 194 g/mol. The zero-order chi connectivity index (χ0) is 10.7. The maximum absolute atomic E-state index is 13.1. The van der Waals surface area contributed by atoms with Crippen molar-refractivity contribution in [1.82, 2.24) is 0 Å². The molecule has 0 heterocycles. The van der Waals surface area contributed by atoms with Crippen LogP contribution in [-0.2, 0) is 11.2 Å². The Morgan fingerprint density at radius 2 is 2.29 bits per heavy atom. The van der Waals surface area contributed by atoms with Gasteiger partial charge in [0.25, 0.3) is 0 Å². The standard InChI is InChI=1S/C9H7FN2O2/c10-7-2-1-5(4-11)9(12)6(7)3-8(13)14/h1-2H,3,12H2,(H,13,14). The first-order valence-corrected chi connectivity index (χ1v) is 3.75. The van der Waals surface area contributed by atoms with E-state index in [4.69, 9.17) is 16.1 Å². The minimum atomic E-state index is -1.19. The van der Waals surface area contributed by atoms with Crippen molar-refractivity contribution < 1.29 is 14.3 Å². The Hall–Kier alpha value is -2.09. The molecule has 0 saturated heterocycles. The van der Waals surface area contributed by atoms with Crippen LogP contribution in [0.15, 0.2) is 12.1 Å². The van der Waals surface area contributed by atoms with Crippen molar-refractivity contribution in [2.24, 2.45) is 0 Å². The molecular weight excluding hydrogens is 187 g/mol. The number of aliphatic carboxylic acids is 1. The highest BCUT2D eigenvalue weighted by Crippen LogP contribution is 2.20. The van der Waals surface area contributed by atoms with E-state index in [1.165, 1.54) is 6.07 Å². The molecule has 5 heteroatoms. The number of benzene rings is 1. The highest BCUT2D eigenvalue weighted by molar-refractivity contribution is 5.74. The van der Waals surface area contributed by atoms with E-state index in [2.05, 4.69) is 0 Å². The number of nitrogen functional groups attached to an aromatic ring is 1. The lowest BCUT2D eigenvalue weighted by Gasteiger charge is -2.05. The molecule has 0 radical (unpaired) electrons. The molecule has 1 rings (SSSR count). The maximum atomic E-state index is 13.1. The lowest BCUT2D eigenvalue weighted by atomic mass is 10.0. The average Bonchev–Trinajstić information content (AvgIpc) is 2.12. The van der Waals surface area contributed by atoms with E-state index in [9.17, 15) is 9.18 Å². The molecular formula is C9H7FN2O2. The molecule has 0 unspecified atom stereocenters. The first kappa shape index (κ1) is 9.99. The number of carbonyl (C=O) groups is 1. The quantitative estimate of drug-likeness (QED) is 0.685. The topological polar surface area (TPSA) is 87.1 Å². The summed E-state index contributed by atoms with van der Waals surface area (Å²) in [5, 5.41) is 17.0. The molecule has 0 aliphatic heterocycles. The van der Waals surface area contributed by atoms with E-state index in [-0.39, 0.29) is 16.8 Å². The number of rotatable bonds is 2. The van der Waals surface area contributed by atoms with Crippen molar-refractivity contribution in [3.05, 3.63) is 29.1 Å². The summed E-state index contributed by atoms with van der Waals surface area (Å²) in [7, 11) is 0. The third-order valence-electron chi connectivity index (χ3n) is 1.75. The molecule has 0 aliphatic carbocycles. The molecule has 0 aliphatic rings. The third-order valence-corrected chi connectivity index (χ3v) is 1.75. The number of carboxylic acid groups (broad SMARTS) is 1. The number of hydrogen-bond acceptors (Lipinski definition) is 3. The lowest BCUT2D eigenvalue weighted by Crippen LogP contribution is -2.07. The second-order valence-corrected chi connectivity index (χ2v) is 2.67. The Labute approximate surface area is 79.4 Å². The van der Waals surface area contributed by atoms with Gasteiger partial charge in [-0.1, -0.05) is 0 Å². The van der Waals surface area contributed by atoms with E-state index in [0.717, 1.165) is 6.07 Å². The maximum Gasteiger partial charge on any atom is 0.308 e. The second-order valence-electron chi connectivity index (χ2n) is 2.67. The number of carboxylic acids is 1. The fraction of sp³-hybridized carbons (Fsp3) is 0.111. The van der Waals surface area contributed by atoms with Crippen molar-refractivity contribution in [1.29, 1.82) is 5.26 Å². The molecule has 0 amide bonds. The van der Waals surface area contributed by atoms with Gasteiger partial charge in [-0.25, -0.2) is 4.39 Å². The van der Waals surface area contributed by atoms with Gasteiger partial charge in [0.05, 0.1) is 17.7 Å². The summed E-state index contributed by atoms with van der Waals surface area (Å²) in [6.07, 6.45) is -0.521. The lowest BCUT2D eigenvalue weighted by molar-refractivity contribution is -0.136. The van der Waals surface area contributed by atoms with Crippen molar-refractivity contribution >= 4 is 11.7 Å². The molecule has 0 bridgehead atoms. The summed E-state index contributed by atoms with van der Waals surface area (Å²) in [6, 6.07) is 4.00. The molecule has 1 aromatic rings. The molecule has 0 fully saturated rings. The van der Waals surface area contributed by atoms with Crippen LogP contribution in [0.1, 0.15) is 11.1 Å². The van der Waals surface area contributed by atoms with Gasteiger partial charge >= 0.3 is 5.97 Å². The smallest absolute Gasteiger partial charge is 0.308 e. The van der Waals surface area contributed by atoms with Crippen LogP contribution in [-0.4, -0.2) is 11.1 Å². The van der Waals surface area contributed by atoms with Crippen LogP contribution in [0.3, 0.4) is 0 Å². The molecule has 72 valence electrons. The highest BCUT2D eigenvalue weighted by atomic mass is 19.1. The van der Waals surface area contributed by atoms with Gasteiger partial charge < -0.3 is 10.8 Å². The van der Waals surface area contributed by atoms with E-state index in [1.807, 2.05) is 0 Å². The van der Waals surface area contributed by atoms with Gasteiger partial charge in [0.2, 0.25) is 0 Å². The Kier molecular flexibility index (Phi) is 2.67. The molecule has 4 nitrogen and oxygen atoms in total. The molecule has 0 aromatic heterocycles. The molecule has 14 heavy (non-hydrogen) atoms. The van der Waals surface area contributed by atoms with Gasteiger partial charge in [0.15, 0.2) is 0 Å². The first-order valence-electron chi connectivity index (χ1n) is 3.75. The predicted molar refractivity (Wildman–Crippen MR) is 46.9 cm³/mol. The highest BCUT2D eigenvalue weighted by Gasteiger charge is 2.13. The predicted octanol–water partition coefficient (Wildman–Crippen LogP) is 0.907. The van der Waals surface area contributed by atoms with Crippen molar-refractivity contribution in [3.8, 4) is 6.07 Å². The van der Waals surface area contributed by atoms with Gasteiger partial charge in [-0.05, 0) is 12.1 Å². The molecule has 1 aromatic carbocycles. The summed E-state index contributed by atoms with van der Waals surface area (Å²) < 4.78 is 13.1. The van der Waals surface area contributed by atoms with Crippen LogP contribution >= 0.6 is 0 Å². The summed E-state index contributed by atoms with van der Waals surface area (Å²) in [6.45, 7) is 0. The van der Waals surface area contributed by atoms with E-state index >= 15 is 0 Å². The summed E-state index contributed by atoms with van der Waals surface area (Å²) in [4.78, 5) is 10.4. The van der Waals surface area contributed by atoms with Crippen LogP contribution in [0.25, 0.3) is 0 Å². The van der Waals surface area contributed by atoms with Gasteiger partial charge in [-0.15, -0.1) is 0 Å². The SMILES string of the molecule is N#Cc1ccc(F)c(CC(=O)O)c1N. The zero-order valence-electron chi connectivity index (χ0n) is 7.12. The van der Waals surface area contributed by atoms with E-state index < -0.39 is 18.2 Å². The normalized spacial score (nSPS) is 9.43. The molecule has 0 spiro atoms. The molecule has 3 N–H and O–H groups in total. The largest absolute Gasteiger partial charge is 0.481 e. The van der Waals surface area contributed by atoms with Crippen LogP contribution in [0, 0.1) is 17.1 Å². The van der Waals surface area contributed by atoms with Gasteiger partial charge in [0.1, 0.15) is 11.9 Å². The van der Waals surface area contributed by atoms with Crippen molar-refractivity contribution in [3.63, 3.8) is 0 Å². The van der Waals surface area contributed by atoms with Gasteiger partial charge in [-0.2, -0.15) is 5.26 Å². The van der Waals surface area contributed by atoms with Crippen LogP contribution in [0.4, 0.5) is 10.1 Å². The second kappa shape index (κ2) is 3.75. The van der Waals surface area contributed by atoms with E-state index in [0.29, 0.717) is 0 Å². The Morgan fingerprint density at radius 1 is 1.64 bits per heavy atom. The van der Waals surface area contributed by atoms with Gasteiger partial charge in [0, 0.05) is 5.56 Å². The Bertz CT molecular complexity index is 424. The molecule has 0 atom stereocenters. The summed E-state index contributed by atoms with van der Waals surface area (Å²) in [5.74, 6) is -1.89. The first-order chi connectivity index (χ1) is 6.56. The van der Waals surface area contributed by atoms with Crippen molar-refractivity contribution in [2.45, 2.75) is 6.42 Å². The van der Waals surface area contributed by atoms with Crippen LogP contribution < -0.4 is 5.73 Å². The molecule has 0 saturated carbocycles. The van der Waals surface area contributed by atoms with Gasteiger partial charge in [-0.3, -0.25) is 4.79 Å². The Morgan fingerprint density at radius 3 is 2.79 bits per heavy atom. The van der Waals surface area contributed by atoms with Crippen molar-refractivity contribution in [2.75, 3.05) is 5.73 Å². The minimum absolute atomic E-state index is 0.0858. The fourth-order valence-corrected chi connectivity index (χ4v) is 1.07. The van der Waals surface area contributed by atoms with Crippen LogP contribution in [0.2, 0.25) is 0 Å². The number of halogens is 1.